The standard InChI is InChI=1S/C15H18F3N3O3/c1-9-7-10(20-13(23)14(2,19)15(16,17)18)3-4-11(9)21-5-6-24-8-12(21)22/h3-4,7H,5-6,8,19H2,1-2H3,(H,20,23). The minimum atomic E-state index is -4.87. The number of amides is 2. The molecule has 1 unspecified atom stereocenters. The lowest BCUT2D eigenvalue weighted by atomic mass is 10.0. The third-order valence-electron chi connectivity index (χ3n) is 3.79. The molecule has 1 heterocycles. The fourth-order valence-corrected chi connectivity index (χ4v) is 2.20. The number of carbonyl (C=O) groups is 2. The molecule has 132 valence electrons. The first-order chi connectivity index (χ1) is 11.0. The quantitative estimate of drug-likeness (QED) is 0.871. The van der Waals surface area contributed by atoms with Crippen LogP contribution < -0.4 is 16.0 Å². The van der Waals surface area contributed by atoms with E-state index in [1.807, 2.05) is 0 Å². The summed E-state index contributed by atoms with van der Waals surface area (Å²) < 4.78 is 43.4. The number of aryl methyl sites for hydroxylation is 1. The van der Waals surface area contributed by atoms with Gasteiger partial charge < -0.3 is 20.7 Å². The zero-order chi connectivity index (χ0) is 18.1. The Morgan fingerprint density at radius 2 is 2.04 bits per heavy atom. The van der Waals surface area contributed by atoms with Gasteiger partial charge in [0.2, 0.25) is 0 Å². The van der Waals surface area contributed by atoms with E-state index in [1.54, 1.807) is 13.0 Å². The summed E-state index contributed by atoms with van der Waals surface area (Å²) in [6.07, 6.45) is -4.87. The molecule has 1 atom stereocenters. The van der Waals surface area contributed by atoms with Gasteiger partial charge in [-0.05, 0) is 37.6 Å². The van der Waals surface area contributed by atoms with Crippen LogP contribution in [0.1, 0.15) is 12.5 Å². The van der Waals surface area contributed by atoms with Crippen molar-refractivity contribution in [2.24, 2.45) is 5.73 Å². The number of anilines is 2. The summed E-state index contributed by atoms with van der Waals surface area (Å²) in [6.45, 7) is 3.07. The highest BCUT2D eigenvalue weighted by Crippen LogP contribution is 2.30. The van der Waals surface area contributed by atoms with Gasteiger partial charge >= 0.3 is 6.18 Å². The van der Waals surface area contributed by atoms with Gasteiger partial charge in [0, 0.05) is 17.9 Å². The summed E-state index contributed by atoms with van der Waals surface area (Å²) in [5, 5.41) is 2.16. The molecule has 0 saturated carbocycles. The number of alkyl halides is 3. The summed E-state index contributed by atoms with van der Waals surface area (Å²) in [7, 11) is 0. The second-order valence-corrected chi connectivity index (χ2v) is 5.75. The monoisotopic (exact) mass is 345 g/mol. The first-order valence-electron chi connectivity index (χ1n) is 7.20. The Morgan fingerprint density at radius 1 is 1.38 bits per heavy atom. The molecule has 0 spiro atoms. The highest BCUT2D eigenvalue weighted by atomic mass is 19.4. The van der Waals surface area contributed by atoms with Crippen LogP contribution in [0.15, 0.2) is 18.2 Å². The minimum Gasteiger partial charge on any atom is -0.370 e. The number of rotatable bonds is 3. The Kier molecular flexibility index (Phi) is 4.86. The fraction of sp³-hybridized carbons (Fsp3) is 0.467. The van der Waals surface area contributed by atoms with Crippen molar-refractivity contribution in [2.45, 2.75) is 25.6 Å². The molecule has 2 rings (SSSR count). The Hall–Kier alpha value is -2.13. The van der Waals surface area contributed by atoms with Crippen LogP contribution in [-0.4, -0.2) is 43.3 Å². The third-order valence-corrected chi connectivity index (χ3v) is 3.79. The van der Waals surface area contributed by atoms with E-state index in [2.05, 4.69) is 5.32 Å². The lowest BCUT2D eigenvalue weighted by molar-refractivity contribution is -0.184. The summed E-state index contributed by atoms with van der Waals surface area (Å²) >= 11 is 0. The molecule has 0 aliphatic carbocycles. The van der Waals surface area contributed by atoms with Crippen molar-refractivity contribution in [3.8, 4) is 0 Å². The van der Waals surface area contributed by atoms with Crippen LogP contribution in [0.4, 0.5) is 24.5 Å². The first-order valence-corrected chi connectivity index (χ1v) is 7.20. The Labute approximate surface area is 136 Å². The van der Waals surface area contributed by atoms with Crippen molar-refractivity contribution in [2.75, 3.05) is 30.0 Å². The topological polar surface area (TPSA) is 84.7 Å². The van der Waals surface area contributed by atoms with Crippen molar-refractivity contribution < 1.29 is 27.5 Å². The van der Waals surface area contributed by atoms with Crippen molar-refractivity contribution >= 4 is 23.2 Å². The van der Waals surface area contributed by atoms with Crippen molar-refractivity contribution in [1.29, 1.82) is 0 Å². The summed E-state index contributed by atoms with van der Waals surface area (Å²) in [5.41, 5.74) is 3.50. The minimum absolute atomic E-state index is 0.0188. The van der Waals surface area contributed by atoms with E-state index in [0.29, 0.717) is 31.3 Å². The highest BCUT2D eigenvalue weighted by molar-refractivity contribution is 5.99. The van der Waals surface area contributed by atoms with E-state index in [9.17, 15) is 22.8 Å². The van der Waals surface area contributed by atoms with Crippen LogP contribution in [0.5, 0.6) is 0 Å². The van der Waals surface area contributed by atoms with E-state index in [4.69, 9.17) is 10.5 Å². The van der Waals surface area contributed by atoms with Gasteiger partial charge in [-0.1, -0.05) is 0 Å². The molecule has 2 amide bonds. The van der Waals surface area contributed by atoms with Crippen LogP contribution in [0.25, 0.3) is 0 Å². The van der Waals surface area contributed by atoms with Crippen LogP contribution in [0.2, 0.25) is 0 Å². The van der Waals surface area contributed by atoms with Gasteiger partial charge in [0.25, 0.3) is 11.8 Å². The molecule has 9 heteroatoms. The second kappa shape index (κ2) is 6.40. The molecular weight excluding hydrogens is 327 g/mol. The lowest BCUT2D eigenvalue weighted by Gasteiger charge is -2.29. The maximum Gasteiger partial charge on any atom is 0.415 e. The number of halogens is 3. The molecule has 3 N–H and O–H groups in total. The van der Waals surface area contributed by atoms with E-state index < -0.39 is 17.6 Å². The first kappa shape index (κ1) is 18.2. The van der Waals surface area contributed by atoms with Crippen molar-refractivity contribution in [3.05, 3.63) is 23.8 Å². The van der Waals surface area contributed by atoms with Gasteiger partial charge in [-0.3, -0.25) is 9.59 Å². The zero-order valence-corrected chi connectivity index (χ0v) is 13.2. The average Bonchev–Trinajstić information content (AvgIpc) is 2.47. The summed E-state index contributed by atoms with van der Waals surface area (Å²) in [4.78, 5) is 25.2. The van der Waals surface area contributed by atoms with Crippen LogP contribution in [0, 0.1) is 6.92 Å². The van der Waals surface area contributed by atoms with Gasteiger partial charge in [0.1, 0.15) is 6.61 Å². The van der Waals surface area contributed by atoms with Crippen LogP contribution >= 0.6 is 0 Å². The normalized spacial score (nSPS) is 18.2. The maximum atomic E-state index is 12.8. The highest BCUT2D eigenvalue weighted by Gasteiger charge is 2.54. The number of nitrogens with zero attached hydrogens (tertiary/aromatic N) is 1. The van der Waals surface area contributed by atoms with Crippen molar-refractivity contribution in [1.82, 2.24) is 0 Å². The third kappa shape index (κ3) is 3.51. The van der Waals surface area contributed by atoms with E-state index in [0.717, 1.165) is 0 Å². The SMILES string of the molecule is Cc1cc(NC(=O)C(C)(N)C(F)(F)F)ccc1N1CCOCC1=O. The predicted molar refractivity (Wildman–Crippen MR) is 81.6 cm³/mol. The molecule has 1 aliphatic heterocycles. The molecule has 1 saturated heterocycles. The second-order valence-electron chi connectivity index (χ2n) is 5.75. The molecule has 1 aliphatic rings. The molecule has 1 aromatic rings. The number of hydrogen-bond donors (Lipinski definition) is 2. The smallest absolute Gasteiger partial charge is 0.370 e. The molecular formula is C15H18F3N3O3. The molecule has 24 heavy (non-hydrogen) atoms. The number of ether oxygens (including phenoxy) is 1. The molecule has 0 radical (unpaired) electrons. The number of carbonyl (C=O) groups excluding carboxylic acids is 2. The Bertz CT molecular complexity index is 659. The molecule has 1 aromatic carbocycles. The summed E-state index contributed by atoms with van der Waals surface area (Å²) in [6, 6.07) is 4.48. The summed E-state index contributed by atoms with van der Waals surface area (Å²) in [5.74, 6) is -1.56. The van der Waals surface area contributed by atoms with Crippen molar-refractivity contribution in [3.63, 3.8) is 0 Å². The van der Waals surface area contributed by atoms with Gasteiger partial charge in [-0.2, -0.15) is 13.2 Å². The zero-order valence-electron chi connectivity index (χ0n) is 13.2. The molecule has 6 nitrogen and oxygen atoms in total. The molecule has 0 aromatic heterocycles. The number of hydrogen-bond acceptors (Lipinski definition) is 4. The largest absolute Gasteiger partial charge is 0.415 e. The average molecular weight is 345 g/mol. The van der Waals surface area contributed by atoms with E-state index in [-0.39, 0.29) is 18.2 Å². The van der Waals surface area contributed by atoms with E-state index in [1.165, 1.54) is 17.0 Å². The number of benzene rings is 1. The number of nitrogens with one attached hydrogen (secondary N) is 1. The van der Waals surface area contributed by atoms with Gasteiger partial charge in [0.15, 0.2) is 5.54 Å². The number of morpholine rings is 1. The van der Waals surface area contributed by atoms with E-state index >= 15 is 0 Å². The van der Waals surface area contributed by atoms with Gasteiger partial charge in [0.05, 0.1) is 6.61 Å². The number of nitrogens with two attached hydrogens (primary N) is 1. The van der Waals surface area contributed by atoms with Crippen LogP contribution in [-0.2, 0) is 14.3 Å². The maximum absolute atomic E-state index is 12.8. The molecule has 0 bridgehead atoms. The lowest BCUT2D eigenvalue weighted by Crippen LogP contribution is -2.59. The molecule has 1 fully saturated rings. The van der Waals surface area contributed by atoms with Gasteiger partial charge in [-0.25, -0.2) is 0 Å². The predicted octanol–water partition coefficient (Wildman–Crippen LogP) is 1.58. The fourth-order valence-electron chi connectivity index (χ4n) is 2.20. The van der Waals surface area contributed by atoms with Gasteiger partial charge in [-0.15, -0.1) is 0 Å². The van der Waals surface area contributed by atoms with Crippen LogP contribution in [0.3, 0.4) is 0 Å². The Morgan fingerprint density at radius 3 is 2.58 bits per heavy atom. The Balaban J connectivity index is 2.18.